The molecule has 1 N–H and O–H groups in total. The van der Waals surface area contributed by atoms with Crippen LogP contribution in [0.2, 0.25) is 0 Å². The smallest absolute Gasteiger partial charge is 0.269 e. The topological polar surface area (TPSA) is 60.5 Å². The summed E-state index contributed by atoms with van der Waals surface area (Å²) in [6.07, 6.45) is 2.81. The van der Waals surface area contributed by atoms with Gasteiger partial charge in [-0.25, -0.2) is 0 Å². The van der Waals surface area contributed by atoms with Gasteiger partial charge in [0.2, 0.25) is 6.10 Å². The standard InChI is InChI=1S/C24H18N2O3/c27-24(26-20-7-5-16(6-8-20)17-9-11-25-12-10-17)23-15-28-21-13-18-3-1-2-4-19(18)14-22(21)29-23/h1-14,23H,15H2,(H,26,27). The molecule has 0 bridgehead atoms. The number of pyridine rings is 1. The average molecular weight is 382 g/mol. The largest absolute Gasteiger partial charge is 0.485 e. The molecule has 0 aliphatic carbocycles. The molecule has 1 aliphatic heterocycles. The summed E-state index contributed by atoms with van der Waals surface area (Å²) in [6.45, 7) is 0.173. The Morgan fingerprint density at radius 3 is 2.24 bits per heavy atom. The lowest BCUT2D eigenvalue weighted by molar-refractivity contribution is -0.125. The number of ether oxygens (including phenoxy) is 2. The molecule has 1 aliphatic rings. The van der Waals surface area contributed by atoms with E-state index in [2.05, 4.69) is 10.3 Å². The molecule has 1 amide bonds. The fraction of sp³-hybridized carbons (Fsp3) is 0.0833. The number of nitrogens with zero attached hydrogens (tertiary/aromatic N) is 1. The van der Waals surface area contributed by atoms with Gasteiger partial charge in [0, 0.05) is 18.1 Å². The third-order valence-electron chi connectivity index (χ3n) is 4.93. The summed E-state index contributed by atoms with van der Waals surface area (Å²) in [4.78, 5) is 16.7. The first-order chi connectivity index (χ1) is 14.3. The molecule has 2 heterocycles. The number of benzene rings is 3. The highest BCUT2D eigenvalue weighted by molar-refractivity contribution is 5.95. The lowest BCUT2D eigenvalue weighted by atomic mass is 10.1. The fourth-order valence-corrected chi connectivity index (χ4v) is 3.40. The van der Waals surface area contributed by atoms with Gasteiger partial charge in [0.1, 0.15) is 6.61 Å². The fourth-order valence-electron chi connectivity index (χ4n) is 3.40. The van der Waals surface area contributed by atoms with Crippen molar-refractivity contribution in [3.8, 4) is 22.6 Å². The Morgan fingerprint density at radius 1 is 0.862 bits per heavy atom. The Labute approximate surface area is 167 Å². The maximum Gasteiger partial charge on any atom is 0.269 e. The number of aromatic nitrogens is 1. The molecule has 0 fully saturated rings. The number of rotatable bonds is 3. The summed E-state index contributed by atoms with van der Waals surface area (Å²) in [5.74, 6) is 1.01. The zero-order valence-corrected chi connectivity index (χ0v) is 15.5. The molecule has 0 saturated heterocycles. The highest BCUT2D eigenvalue weighted by atomic mass is 16.6. The van der Waals surface area contributed by atoms with Crippen LogP contribution in [0.4, 0.5) is 5.69 Å². The van der Waals surface area contributed by atoms with E-state index in [1.165, 1.54) is 0 Å². The van der Waals surface area contributed by atoms with Crippen LogP contribution < -0.4 is 14.8 Å². The van der Waals surface area contributed by atoms with Gasteiger partial charge in [0.05, 0.1) is 0 Å². The van der Waals surface area contributed by atoms with Gasteiger partial charge in [-0.15, -0.1) is 0 Å². The summed E-state index contributed by atoms with van der Waals surface area (Å²) in [5, 5.41) is 5.02. The second-order valence-corrected chi connectivity index (χ2v) is 6.87. The van der Waals surface area contributed by atoms with E-state index >= 15 is 0 Å². The quantitative estimate of drug-likeness (QED) is 0.559. The Balaban J connectivity index is 1.30. The second kappa shape index (κ2) is 7.28. The van der Waals surface area contributed by atoms with Crippen molar-refractivity contribution in [1.29, 1.82) is 0 Å². The van der Waals surface area contributed by atoms with Gasteiger partial charge >= 0.3 is 0 Å². The highest BCUT2D eigenvalue weighted by Crippen LogP contribution is 2.36. The van der Waals surface area contributed by atoms with Gasteiger partial charge in [-0.3, -0.25) is 9.78 Å². The molecule has 5 heteroatoms. The Kier molecular flexibility index (Phi) is 4.33. The monoisotopic (exact) mass is 382 g/mol. The van der Waals surface area contributed by atoms with E-state index in [9.17, 15) is 4.79 Å². The van der Waals surface area contributed by atoms with Crippen LogP contribution in [0.1, 0.15) is 0 Å². The van der Waals surface area contributed by atoms with E-state index < -0.39 is 6.10 Å². The van der Waals surface area contributed by atoms with Gasteiger partial charge in [-0.05, 0) is 58.3 Å². The van der Waals surface area contributed by atoms with E-state index in [1.807, 2.05) is 72.8 Å². The van der Waals surface area contributed by atoms with Crippen LogP contribution in [0, 0.1) is 0 Å². The van der Waals surface area contributed by atoms with Crippen molar-refractivity contribution < 1.29 is 14.3 Å². The van der Waals surface area contributed by atoms with E-state index in [4.69, 9.17) is 9.47 Å². The molecule has 142 valence electrons. The number of anilines is 1. The van der Waals surface area contributed by atoms with Gasteiger partial charge in [-0.1, -0.05) is 36.4 Å². The predicted octanol–water partition coefficient (Wildman–Crippen LogP) is 4.68. The molecule has 1 atom stereocenters. The number of nitrogens with one attached hydrogen (secondary N) is 1. The third kappa shape index (κ3) is 3.50. The maximum atomic E-state index is 12.7. The summed E-state index contributed by atoms with van der Waals surface area (Å²) in [5.41, 5.74) is 2.84. The van der Waals surface area contributed by atoms with Crippen LogP contribution in [-0.2, 0) is 4.79 Å². The first-order valence-corrected chi connectivity index (χ1v) is 9.40. The van der Waals surface area contributed by atoms with Gasteiger partial charge in [-0.2, -0.15) is 0 Å². The van der Waals surface area contributed by atoms with Gasteiger partial charge in [0.15, 0.2) is 11.5 Å². The van der Waals surface area contributed by atoms with Crippen LogP contribution >= 0.6 is 0 Å². The summed E-state index contributed by atoms with van der Waals surface area (Å²) >= 11 is 0. The Morgan fingerprint density at radius 2 is 1.52 bits per heavy atom. The lowest BCUT2D eigenvalue weighted by Crippen LogP contribution is -2.40. The summed E-state index contributed by atoms with van der Waals surface area (Å²) < 4.78 is 11.7. The normalized spacial score (nSPS) is 15.1. The van der Waals surface area contributed by atoms with Crippen molar-refractivity contribution in [3.63, 3.8) is 0 Å². The van der Waals surface area contributed by atoms with Crippen LogP contribution in [0.5, 0.6) is 11.5 Å². The molecule has 3 aromatic carbocycles. The molecule has 0 saturated carbocycles. The maximum absolute atomic E-state index is 12.7. The van der Waals surface area contributed by atoms with Crippen LogP contribution in [0.3, 0.4) is 0 Å². The van der Waals surface area contributed by atoms with Crippen molar-refractivity contribution in [1.82, 2.24) is 4.98 Å². The molecular weight excluding hydrogens is 364 g/mol. The highest BCUT2D eigenvalue weighted by Gasteiger charge is 2.28. The molecule has 4 aromatic rings. The number of carbonyl (C=O) groups excluding carboxylic acids is 1. The van der Waals surface area contributed by atoms with Crippen LogP contribution in [-0.4, -0.2) is 23.6 Å². The molecule has 0 spiro atoms. The third-order valence-corrected chi connectivity index (χ3v) is 4.93. The average Bonchev–Trinajstić information content (AvgIpc) is 2.78. The molecule has 1 aromatic heterocycles. The molecule has 1 unspecified atom stereocenters. The van der Waals surface area contributed by atoms with Gasteiger partial charge in [0.25, 0.3) is 5.91 Å². The minimum absolute atomic E-state index is 0.173. The first-order valence-electron chi connectivity index (χ1n) is 9.40. The van der Waals surface area contributed by atoms with E-state index in [-0.39, 0.29) is 12.5 Å². The minimum atomic E-state index is -0.705. The Hall–Kier alpha value is -3.86. The van der Waals surface area contributed by atoms with Crippen molar-refractivity contribution in [3.05, 3.63) is 85.2 Å². The number of hydrogen-bond donors (Lipinski definition) is 1. The van der Waals surface area contributed by atoms with Gasteiger partial charge < -0.3 is 14.8 Å². The molecular formula is C24H18N2O3. The number of carbonyl (C=O) groups is 1. The Bertz CT molecular complexity index is 1170. The zero-order chi connectivity index (χ0) is 19.6. The van der Waals surface area contributed by atoms with Crippen molar-refractivity contribution in [2.45, 2.75) is 6.10 Å². The molecule has 29 heavy (non-hydrogen) atoms. The van der Waals surface area contributed by atoms with Crippen LogP contribution in [0.25, 0.3) is 21.9 Å². The predicted molar refractivity (Wildman–Crippen MR) is 112 cm³/mol. The SMILES string of the molecule is O=C(Nc1ccc(-c2ccncc2)cc1)C1COc2cc3ccccc3cc2O1. The summed E-state index contributed by atoms with van der Waals surface area (Å²) in [6, 6.07) is 23.4. The molecule has 5 nitrogen and oxygen atoms in total. The zero-order valence-electron chi connectivity index (χ0n) is 15.5. The minimum Gasteiger partial charge on any atom is -0.485 e. The summed E-state index contributed by atoms with van der Waals surface area (Å²) in [7, 11) is 0. The van der Waals surface area contributed by atoms with Crippen molar-refractivity contribution >= 4 is 22.4 Å². The molecule has 0 radical (unpaired) electrons. The number of hydrogen-bond acceptors (Lipinski definition) is 4. The van der Waals surface area contributed by atoms with Crippen molar-refractivity contribution in [2.24, 2.45) is 0 Å². The van der Waals surface area contributed by atoms with Crippen LogP contribution in [0.15, 0.2) is 85.2 Å². The number of fused-ring (bicyclic) bond motifs is 2. The number of amides is 1. The van der Waals surface area contributed by atoms with E-state index in [0.29, 0.717) is 17.2 Å². The molecule has 5 rings (SSSR count). The van der Waals surface area contributed by atoms with E-state index in [1.54, 1.807) is 12.4 Å². The first kappa shape index (κ1) is 17.3. The van der Waals surface area contributed by atoms with E-state index in [0.717, 1.165) is 21.9 Å². The van der Waals surface area contributed by atoms with Crippen molar-refractivity contribution in [2.75, 3.05) is 11.9 Å². The second-order valence-electron chi connectivity index (χ2n) is 6.87. The lowest BCUT2D eigenvalue weighted by Gasteiger charge is -2.26.